The molecule has 4 nitrogen and oxygen atoms in total. The van der Waals surface area contributed by atoms with E-state index in [1.54, 1.807) is 0 Å². The van der Waals surface area contributed by atoms with Gasteiger partial charge in [0, 0.05) is 25.1 Å². The van der Waals surface area contributed by atoms with Crippen LogP contribution in [0.25, 0.3) is 0 Å². The quantitative estimate of drug-likeness (QED) is 0.189. The van der Waals surface area contributed by atoms with Gasteiger partial charge in [-0.05, 0) is 24.1 Å². The van der Waals surface area contributed by atoms with E-state index < -0.39 is 0 Å². The van der Waals surface area contributed by atoms with Crippen molar-refractivity contribution in [3.8, 4) is 5.75 Å². The van der Waals surface area contributed by atoms with Gasteiger partial charge in [-0.15, -0.1) is 0 Å². The van der Waals surface area contributed by atoms with Crippen LogP contribution in [0.3, 0.4) is 0 Å². The molecule has 0 atom stereocenters. The summed E-state index contributed by atoms with van der Waals surface area (Å²) in [5.41, 5.74) is 2.22. The van der Waals surface area contributed by atoms with Crippen LogP contribution in [0.15, 0.2) is 48.7 Å². The molecule has 0 fully saturated rings. The van der Waals surface area contributed by atoms with Gasteiger partial charge in [-0.2, -0.15) is 0 Å². The number of unbranched alkanes of at least 4 members (excludes halogenated alkanes) is 11. The number of nitrogens with zero attached hydrogens (tertiary/aromatic N) is 1. The van der Waals surface area contributed by atoms with Gasteiger partial charge in [0.05, 0.1) is 13.0 Å². The molecule has 0 aliphatic carbocycles. The Morgan fingerprint density at radius 2 is 1.44 bits per heavy atom. The Balaban J connectivity index is 1.47. The Hall–Kier alpha value is -2.36. The van der Waals surface area contributed by atoms with E-state index in [0.717, 1.165) is 30.8 Å². The van der Waals surface area contributed by atoms with Gasteiger partial charge in [0.1, 0.15) is 12.8 Å². The highest BCUT2D eigenvalue weighted by Gasteiger charge is 2.07. The number of nitrogens with one attached hydrogen (secondary N) is 1. The third-order valence-corrected chi connectivity index (χ3v) is 6.42. The Kier molecular flexibility index (Phi) is 14.8. The van der Waals surface area contributed by atoms with Crippen molar-refractivity contribution in [2.45, 2.75) is 96.8 Å². The van der Waals surface area contributed by atoms with Crippen LogP contribution in [0.5, 0.6) is 5.75 Å². The zero-order valence-corrected chi connectivity index (χ0v) is 21.7. The van der Waals surface area contributed by atoms with E-state index in [0.29, 0.717) is 13.0 Å². The third kappa shape index (κ3) is 12.8. The van der Waals surface area contributed by atoms with Gasteiger partial charge in [0.15, 0.2) is 11.9 Å². The molecule has 1 amide bonds. The molecule has 1 aromatic heterocycles. The Morgan fingerprint density at radius 1 is 0.824 bits per heavy atom. The molecule has 1 heterocycles. The molecule has 0 saturated carbocycles. The number of hydrogen-bond acceptors (Lipinski definition) is 2. The molecule has 0 aliphatic heterocycles. The van der Waals surface area contributed by atoms with E-state index in [2.05, 4.69) is 22.9 Å². The Labute approximate surface area is 208 Å². The number of rotatable bonds is 19. The monoisotopic (exact) mass is 467 g/mol. The minimum Gasteiger partial charge on any atom is -0.494 e. The molecule has 0 spiro atoms. The van der Waals surface area contributed by atoms with Gasteiger partial charge in [-0.25, -0.2) is 4.57 Å². The van der Waals surface area contributed by atoms with Crippen LogP contribution in [0.2, 0.25) is 0 Å². The van der Waals surface area contributed by atoms with E-state index in [1.165, 1.54) is 76.3 Å². The molecule has 0 aliphatic rings. The topological polar surface area (TPSA) is 42.2 Å². The second-order valence-corrected chi connectivity index (χ2v) is 9.46. The van der Waals surface area contributed by atoms with Crippen molar-refractivity contribution < 1.29 is 14.1 Å². The summed E-state index contributed by atoms with van der Waals surface area (Å²) in [6.07, 6.45) is 19.5. The molecule has 1 N–H and O–H groups in total. The molecular formula is C30H47N2O2+. The number of ether oxygens (including phenoxy) is 1. The predicted octanol–water partition coefficient (Wildman–Crippen LogP) is 6.49. The van der Waals surface area contributed by atoms with Gasteiger partial charge >= 0.3 is 0 Å². The normalized spacial score (nSPS) is 10.9. The second-order valence-electron chi connectivity index (χ2n) is 9.46. The van der Waals surface area contributed by atoms with Crippen molar-refractivity contribution >= 4 is 5.91 Å². The van der Waals surface area contributed by atoms with Crippen LogP contribution < -0.4 is 14.6 Å². The van der Waals surface area contributed by atoms with E-state index >= 15 is 0 Å². The van der Waals surface area contributed by atoms with Gasteiger partial charge in [0.2, 0.25) is 5.91 Å². The zero-order valence-electron chi connectivity index (χ0n) is 21.7. The molecule has 0 saturated heterocycles. The average Bonchev–Trinajstić information content (AvgIpc) is 2.84. The lowest BCUT2D eigenvalue weighted by molar-refractivity contribution is -0.679. The molecule has 188 valence electrons. The third-order valence-electron chi connectivity index (χ3n) is 6.42. The summed E-state index contributed by atoms with van der Waals surface area (Å²) in [5, 5.41) is 3.02. The van der Waals surface area contributed by atoms with Gasteiger partial charge in [-0.1, -0.05) is 95.8 Å². The first kappa shape index (κ1) is 27.9. The van der Waals surface area contributed by atoms with Crippen molar-refractivity contribution in [1.82, 2.24) is 5.32 Å². The number of benzene rings is 1. The second kappa shape index (κ2) is 18.0. The highest BCUT2D eigenvalue weighted by Crippen LogP contribution is 2.15. The minimum atomic E-state index is 0.0590. The van der Waals surface area contributed by atoms with E-state index in [-0.39, 0.29) is 5.91 Å². The predicted molar refractivity (Wildman–Crippen MR) is 141 cm³/mol. The number of aryl methyl sites for hydroxylation is 1. The minimum absolute atomic E-state index is 0.0590. The van der Waals surface area contributed by atoms with Crippen molar-refractivity contribution in [3.05, 3.63) is 59.9 Å². The number of hydrogen-bond donors (Lipinski definition) is 1. The van der Waals surface area contributed by atoms with Gasteiger partial charge in [-0.3, -0.25) is 4.79 Å². The Morgan fingerprint density at radius 3 is 2.06 bits per heavy atom. The summed E-state index contributed by atoms with van der Waals surface area (Å²) >= 11 is 0. The number of carbonyl (C=O) groups excluding carboxylic acids is 1. The number of carbonyl (C=O) groups is 1. The largest absolute Gasteiger partial charge is 0.494 e. The van der Waals surface area contributed by atoms with Crippen LogP contribution in [0.1, 0.15) is 95.2 Å². The molecule has 4 heteroatoms. The molecule has 0 bridgehead atoms. The first-order chi connectivity index (χ1) is 16.7. The van der Waals surface area contributed by atoms with Crippen LogP contribution >= 0.6 is 0 Å². The fraction of sp³-hybridized carbons (Fsp3) is 0.600. The molecule has 0 unspecified atom stereocenters. The summed E-state index contributed by atoms with van der Waals surface area (Å²) < 4.78 is 7.97. The zero-order chi connectivity index (χ0) is 24.3. The molecule has 2 aromatic rings. The molecule has 0 radical (unpaired) electrons. The summed E-state index contributed by atoms with van der Waals surface area (Å²) in [7, 11) is 2.03. The van der Waals surface area contributed by atoms with Crippen LogP contribution in [0, 0.1) is 0 Å². The maximum absolute atomic E-state index is 12.2. The number of amides is 1. The first-order valence-corrected chi connectivity index (χ1v) is 13.6. The lowest BCUT2D eigenvalue weighted by Gasteiger charge is -2.08. The summed E-state index contributed by atoms with van der Waals surface area (Å²) in [6.45, 7) is 3.70. The first-order valence-electron chi connectivity index (χ1n) is 13.6. The molecular weight excluding hydrogens is 420 g/mol. The Bertz CT molecular complexity index is 789. The summed E-state index contributed by atoms with van der Waals surface area (Å²) in [4.78, 5) is 12.2. The number of aromatic nitrogens is 1. The van der Waals surface area contributed by atoms with Crippen molar-refractivity contribution in [2.24, 2.45) is 7.05 Å². The van der Waals surface area contributed by atoms with E-state index in [1.807, 2.05) is 49.6 Å². The molecule has 2 rings (SSSR count). The smallest absolute Gasteiger partial charge is 0.224 e. The van der Waals surface area contributed by atoms with Crippen molar-refractivity contribution in [2.75, 3.05) is 13.2 Å². The van der Waals surface area contributed by atoms with Crippen LogP contribution in [-0.2, 0) is 24.7 Å². The fourth-order valence-corrected chi connectivity index (χ4v) is 4.23. The standard InChI is InChI=1S/C30H46N2O2/c1-3-4-5-6-7-8-9-10-11-12-13-16-25-34-29-20-18-27(19-21-29)26-30(33)31-23-22-28-17-14-15-24-32(28)2/h14-15,17-21,24H,3-13,16,22-23,25-26H2,1-2H3/p+1. The average molecular weight is 468 g/mol. The fourth-order valence-electron chi connectivity index (χ4n) is 4.23. The maximum atomic E-state index is 12.2. The SMILES string of the molecule is CCCCCCCCCCCCCCOc1ccc(CC(=O)NCCc2cccc[n+]2C)cc1. The highest BCUT2D eigenvalue weighted by molar-refractivity contribution is 5.78. The summed E-state index contributed by atoms with van der Waals surface area (Å²) in [5.74, 6) is 0.951. The number of pyridine rings is 1. The van der Waals surface area contributed by atoms with Crippen molar-refractivity contribution in [1.29, 1.82) is 0 Å². The highest BCUT2D eigenvalue weighted by atomic mass is 16.5. The van der Waals surface area contributed by atoms with Crippen LogP contribution in [0.4, 0.5) is 0 Å². The molecule has 1 aromatic carbocycles. The van der Waals surface area contributed by atoms with E-state index in [4.69, 9.17) is 4.74 Å². The maximum Gasteiger partial charge on any atom is 0.224 e. The van der Waals surface area contributed by atoms with Gasteiger partial charge in [0.25, 0.3) is 0 Å². The van der Waals surface area contributed by atoms with Gasteiger partial charge < -0.3 is 10.1 Å². The summed E-state index contributed by atoms with van der Waals surface area (Å²) in [6, 6.07) is 14.1. The lowest BCUT2D eigenvalue weighted by atomic mass is 10.1. The van der Waals surface area contributed by atoms with E-state index in [9.17, 15) is 4.79 Å². The lowest BCUT2D eigenvalue weighted by Crippen LogP contribution is -2.35. The molecule has 34 heavy (non-hydrogen) atoms. The van der Waals surface area contributed by atoms with Crippen molar-refractivity contribution in [3.63, 3.8) is 0 Å². The van der Waals surface area contributed by atoms with Crippen LogP contribution in [-0.4, -0.2) is 19.1 Å².